The SMILES string of the molecule is Fc1cccc(CSc2nnc(Cc3ccccc3)n2-c2ccccc2)c1. The van der Waals surface area contributed by atoms with Gasteiger partial charge in [-0.2, -0.15) is 0 Å². The molecule has 0 saturated carbocycles. The second-order valence-corrected chi connectivity index (χ2v) is 7.09. The first-order valence-electron chi connectivity index (χ1n) is 8.70. The van der Waals surface area contributed by atoms with Gasteiger partial charge < -0.3 is 0 Å². The van der Waals surface area contributed by atoms with E-state index in [1.165, 1.54) is 11.6 Å². The van der Waals surface area contributed by atoms with E-state index in [-0.39, 0.29) is 5.82 Å². The Labute approximate surface area is 161 Å². The predicted octanol–water partition coefficient (Wildman–Crippen LogP) is 5.29. The molecule has 134 valence electrons. The van der Waals surface area contributed by atoms with Gasteiger partial charge in [-0.15, -0.1) is 10.2 Å². The lowest BCUT2D eigenvalue weighted by molar-refractivity contribution is 0.626. The average molecular weight is 375 g/mol. The van der Waals surface area contributed by atoms with Gasteiger partial charge in [0.1, 0.15) is 11.6 Å². The Kier molecular flexibility index (Phi) is 5.30. The Hall–Kier alpha value is -2.92. The lowest BCUT2D eigenvalue weighted by atomic mass is 10.1. The molecule has 3 aromatic carbocycles. The number of rotatable bonds is 6. The molecule has 0 fully saturated rings. The van der Waals surface area contributed by atoms with Gasteiger partial charge in [0.15, 0.2) is 5.16 Å². The topological polar surface area (TPSA) is 30.7 Å². The molecule has 0 unspecified atom stereocenters. The molecule has 0 amide bonds. The summed E-state index contributed by atoms with van der Waals surface area (Å²) in [5.41, 5.74) is 3.13. The van der Waals surface area contributed by atoms with Crippen molar-refractivity contribution in [1.82, 2.24) is 14.8 Å². The molecule has 0 atom stereocenters. The van der Waals surface area contributed by atoms with Crippen LogP contribution in [0.5, 0.6) is 0 Å². The minimum atomic E-state index is -0.220. The van der Waals surface area contributed by atoms with E-state index >= 15 is 0 Å². The van der Waals surface area contributed by atoms with Crippen LogP contribution in [0.25, 0.3) is 5.69 Å². The summed E-state index contributed by atoms with van der Waals surface area (Å²) < 4.78 is 15.5. The van der Waals surface area contributed by atoms with Gasteiger partial charge in [0.05, 0.1) is 0 Å². The van der Waals surface area contributed by atoms with Gasteiger partial charge in [0, 0.05) is 17.9 Å². The van der Waals surface area contributed by atoms with E-state index in [0.717, 1.165) is 22.2 Å². The third-order valence-corrected chi connectivity index (χ3v) is 5.18. The van der Waals surface area contributed by atoms with Crippen molar-refractivity contribution >= 4 is 11.8 Å². The van der Waals surface area contributed by atoms with Crippen molar-refractivity contribution in [2.75, 3.05) is 0 Å². The number of nitrogens with zero attached hydrogens (tertiary/aromatic N) is 3. The van der Waals surface area contributed by atoms with Crippen LogP contribution in [0.1, 0.15) is 17.0 Å². The maximum atomic E-state index is 13.4. The lowest BCUT2D eigenvalue weighted by Gasteiger charge is -2.10. The molecule has 3 nitrogen and oxygen atoms in total. The summed E-state index contributed by atoms with van der Waals surface area (Å²) in [4.78, 5) is 0. The molecule has 0 saturated heterocycles. The second-order valence-electron chi connectivity index (χ2n) is 6.15. The highest BCUT2D eigenvalue weighted by Crippen LogP contribution is 2.26. The monoisotopic (exact) mass is 375 g/mol. The Bertz CT molecular complexity index is 1020. The summed E-state index contributed by atoms with van der Waals surface area (Å²) in [6.45, 7) is 0. The molecule has 0 N–H and O–H groups in total. The van der Waals surface area contributed by atoms with Crippen LogP contribution in [0.2, 0.25) is 0 Å². The van der Waals surface area contributed by atoms with Crippen LogP contribution in [-0.4, -0.2) is 14.8 Å². The molecule has 0 aliphatic rings. The number of halogens is 1. The molecule has 0 bridgehead atoms. The normalized spacial score (nSPS) is 10.9. The van der Waals surface area contributed by atoms with E-state index in [2.05, 4.69) is 26.9 Å². The molecule has 0 aliphatic heterocycles. The molecular formula is C22H18FN3S. The summed E-state index contributed by atoms with van der Waals surface area (Å²) in [5, 5.41) is 9.65. The summed E-state index contributed by atoms with van der Waals surface area (Å²) >= 11 is 1.56. The molecule has 0 radical (unpaired) electrons. The highest BCUT2D eigenvalue weighted by atomic mass is 32.2. The number of hydrogen-bond donors (Lipinski definition) is 0. The van der Waals surface area contributed by atoms with Crippen molar-refractivity contribution in [2.45, 2.75) is 17.3 Å². The molecular weight excluding hydrogens is 357 g/mol. The minimum Gasteiger partial charge on any atom is -0.274 e. The van der Waals surface area contributed by atoms with Gasteiger partial charge in [-0.3, -0.25) is 4.57 Å². The van der Waals surface area contributed by atoms with E-state index in [1.54, 1.807) is 23.9 Å². The van der Waals surface area contributed by atoms with Crippen molar-refractivity contribution in [3.63, 3.8) is 0 Å². The van der Waals surface area contributed by atoms with Crippen LogP contribution in [0, 0.1) is 5.82 Å². The van der Waals surface area contributed by atoms with E-state index < -0.39 is 0 Å². The molecule has 1 aromatic heterocycles. The number of para-hydroxylation sites is 1. The quantitative estimate of drug-likeness (QED) is 0.429. The third kappa shape index (κ3) is 4.26. The molecule has 1 heterocycles. The summed E-state index contributed by atoms with van der Waals surface area (Å²) in [6.07, 6.45) is 0.698. The molecule has 27 heavy (non-hydrogen) atoms. The maximum Gasteiger partial charge on any atom is 0.196 e. The zero-order valence-electron chi connectivity index (χ0n) is 14.6. The molecule has 4 aromatic rings. The smallest absolute Gasteiger partial charge is 0.196 e. The van der Waals surface area contributed by atoms with Crippen LogP contribution in [0.15, 0.2) is 90.1 Å². The fourth-order valence-corrected chi connectivity index (χ4v) is 3.81. The van der Waals surface area contributed by atoms with Gasteiger partial charge in [-0.05, 0) is 35.4 Å². The van der Waals surface area contributed by atoms with Gasteiger partial charge in [-0.1, -0.05) is 72.4 Å². The van der Waals surface area contributed by atoms with Crippen LogP contribution >= 0.6 is 11.8 Å². The summed E-state index contributed by atoms with van der Waals surface area (Å²) in [5.74, 6) is 1.30. The number of thioether (sulfide) groups is 1. The van der Waals surface area contributed by atoms with Gasteiger partial charge in [-0.25, -0.2) is 4.39 Å². The number of aromatic nitrogens is 3. The molecule has 5 heteroatoms. The fraction of sp³-hybridized carbons (Fsp3) is 0.0909. The highest BCUT2D eigenvalue weighted by molar-refractivity contribution is 7.98. The molecule has 0 aliphatic carbocycles. The van der Waals surface area contributed by atoms with Crippen LogP contribution in [-0.2, 0) is 12.2 Å². The van der Waals surface area contributed by atoms with E-state index in [9.17, 15) is 4.39 Å². The van der Waals surface area contributed by atoms with E-state index in [1.807, 2.05) is 54.6 Å². The Morgan fingerprint density at radius 3 is 2.22 bits per heavy atom. The fourth-order valence-electron chi connectivity index (χ4n) is 2.90. The van der Waals surface area contributed by atoms with Gasteiger partial charge in [0.25, 0.3) is 0 Å². The Morgan fingerprint density at radius 2 is 1.48 bits per heavy atom. The highest BCUT2D eigenvalue weighted by Gasteiger charge is 2.15. The number of hydrogen-bond acceptors (Lipinski definition) is 3. The number of benzene rings is 3. The molecule has 4 rings (SSSR count). The van der Waals surface area contributed by atoms with Gasteiger partial charge in [0.2, 0.25) is 0 Å². The molecule has 0 spiro atoms. The third-order valence-electron chi connectivity index (χ3n) is 4.18. The van der Waals surface area contributed by atoms with Crippen LogP contribution < -0.4 is 0 Å². The standard InChI is InChI=1S/C22H18FN3S/c23-19-11-7-10-18(14-19)16-27-22-25-24-21(15-17-8-3-1-4-9-17)26(22)20-12-5-2-6-13-20/h1-14H,15-16H2. The zero-order valence-corrected chi connectivity index (χ0v) is 15.4. The zero-order chi connectivity index (χ0) is 18.5. The minimum absolute atomic E-state index is 0.220. The second kappa shape index (κ2) is 8.18. The maximum absolute atomic E-state index is 13.4. The van der Waals surface area contributed by atoms with Crippen LogP contribution in [0.3, 0.4) is 0 Å². The van der Waals surface area contributed by atoms with Crippen molar-refractivity contribution < 1.29 is 4.39 Å². The average Bonchev–Trinajstić information content (AvgIpc) is 3.10. The largest absolute Gasteiger partial charge is 0.274 e. The van der Waals surface area contributed by atoms with Crippen molar-refractivity contribution in [2.24, 2.45) is 0 Å². The van der Waals surface area contributed by atoms with E-state index in [0.29, 0.717) is 12.2 Å². The first-order valence-corrected chi connectivity index (χ1v) is 9.69. The van der Waals surface area contributed by atoms with E-state index in [4.69, 9.17) is 0 Å². The first-order chi connectivity index (χ1) is 13.3. The lowest BCUT2D eigenvalue weighted by Crippen LogP contribution is -2.03. The van der Waals surface area contributed by atoms with Gasteiger partial charge >= 0.3 is 0 Å². The van der Waals surface area contributed by atoms with Crippen molar-refractivity contribution in [3.05, 3.63) is 108 Å². The summed E-state index contributed by atoms with van der Waals surface area (Å²) in [7, 11) is 0. The Balaban J connectivity index is 1.65. The van der Waals surface area contributed by atoms with Crippen molar-refractivity contribution in [1.29, 1.82) is 0 Å². The van der Waals surface area contributed by atoms with Crippen LogP contribution in [0.4, 0.5) is 4.39 Å². The Morgan fingerprint density at radius 1 is 0.778 bits per heavy atom. The first kappa shape index (κ1) is 17.5. The van der Waals surface area contributed by atoms with Crippen molar-refractivity contribution in [3.8, 4) is 5.69 Å². The predicted molar refractivity (Wildman–Crippen MR) is 107 cm³/mol. The summed E-state index contributed by atoms with van der Waals surface area (Å²) in [6, 6.07) is 27.0.